The molecule has 7 nitrogen and oxygen atoms in total. The van der Waals surface area contributed by atoms with Crippen LogP contribution in [-0.2, 0) is 16.0 Å². The summed E-state index contributed by atoms with van der Waals surface area (Å²) < 4.78 is 10.7. The van der Waals surface area contributed by atoms with Gasteiger partial charge in [0.15, 0.2) is 5.13 Å². The predicted molar refractivity (Wildman–Crippen MR) is 121 cm³/mol. The fourth-order valence-electron chi connectivity index (χ4n) is 3.50. The van der Waals surface area contributed by atoms with Crippen molar-refractivity contribution in [2.45, 2.75) is 19.3 Å². The molecule has 1 aromatic heterocycles. The second-order valence-electron chi connectivity index (χ2n) is 7.14. The number of thiazole rings is 1. The summed E-state index contributed by atoms with van der Waals surface area (Å²) in [7, 11) is 3.24. The molecule has 1 aliphatic heterocycles. The first-order valence-corrected chi connectivity index (χ1v) is 10.8. The molecule has 0 atom stereocenters. The van der Waals surface area contributed by atoms with Crippen LogP contribution < -0.4 is 19.7 Å². The first-order valence-electron chi connectivity index (χ1n) is 9.94. The van der Waals surface area contributed by atoms with Gasteiger partial charge in [-0.05, 0) is 42.3 Å². The van der Waals surface area contributed by atoms with Crippen molar-refractivity contribution in [1.82, 2.24) is 4.98 Å². The lowest BCUT2D eigenvalue weighted by atomic mass is 10.0. The molecule has 160 valence electrons. The van der Waals surface area contributed by atoms with Crippen molar-refractivity contribution in [3.05, 3.63) is 53.5 Å². The minimum atomic E-state index is -0.171. The number of anilines is 2. The number of ether oxygens (including phenoxy) is 2. The maximum absolute atomic E-state index is 12.6. The molecule has 0 aliphatic carbocycles. The molecule has 1 aliphatic rings. The van der Waals surface area contributed by atoms with Crippen molar-refractivity contribution in [3.63, 3.8) is 0 Å². The van der Waals surface area contributed by atoms with Crippen LogP contribution in [-0.4, -0.2) is 37.6 Å². The number of rotatable bonds is 7. The van der Waals surface area contributed by atoms with Crippen molar-refractivity contribution in [1.29, 1.82) is 0 Å². The molecule has 31 heavy (non-hydrogen) atoms. The zero-order valence-corrected chi connectivity index (χ0v) is 18.2. The zero-order chi connectivity index (χ0) is 21.8. The minimum Gasteiger partial charge on any atom is -0.497 e. The number of aromatic nitrogens is 1. The van der Waals surface area contributed by atoms with Gasteiger partial charge in [0.05, 0.1) is 26.3 Å². The highest BCUT2D eigenvalue weighted by atomic mass is 32.1. The Labute approximate surface area is 184 Å². The summed E-state index contributed by atoms with van der Waals surface area (Å²) in [5, 5.41) is 5.42. The Morgan fingerprint density at radius 2 is 1.97 bits per heavy atom. The summed E-state index contributed by atoms with van der Waals surface area (Å²) in [6, 6.07) is 13.2. The van der Waals surface area contributed by atoms with E-state index < -0.39 is 0 Å². The summed E-state index contributed by atoms with van der Waals surface area (Å²) >= 11 is 1.39. The number of methoxy groups -OCH3 is 2. The van der Waals surface area contributed by atoms with E-state index in [1.165, 1.54) is 11.3 Å². The van der Waals surface area contributed by atoms with Crippen molar-refractivity contribution < 1.29 is 19.1 Å². The Bertz CT molecular complexity index is 1090. The Balaban J connectivity index is 1.47. The fourth-order valence-corrected chi connectivity index (χ4v) is 4.37. The van der Waals surface area contributed by atoms with Gasteiger partial charge >= 0.3 is 0 Å². The van der Waals surface area contributed by atoms with Gasteiger partial charge in [-0.1, -0.05) is 12.1 Å². The van der Waals surface area contributed by atoms with Crippen molar-refractivity contribution in [2.24, 2.45) is 0 Å². The van der Waals surface area contributed by atoms with Gasteiger partial charge in [-0.25, -0.2) is 4.98 Å². The molecule has 1 fully saturated rings. The molecule has 4 rings (SSSR count). The lowest BCUT2D eigenvalue weighted by Gasteiger charge is -2.12. The Hall–Kier alpha value is -3.39. The summed E-state index contributed by atoms with van der Waals surface area (Å²) in [6.07, 6.45) is 1.55. The minimum absolute atomic E-state index is 0.0923. The van der Waals surface area contributed by atoms with Crippen LogP contribution in [0.1, 0.15) is 18.5 Å². The first-order chi connectivity index (χ1) is 15.1. The van der Waals surface area contributed by atoms with E-state index in [0.29, 0.717) is 35.2 Å². The Morgan fingerprint density at radius 3 is 2.65 bits per heavy atom. The van der Waals surface area contributed by atoms with Gasteiger partial charge in [0.1, 0.15) is 11.5 Å². The highest BCUT2D eigenvalue weighted by Crippen LogP contribution is 2.33. The molecule has 3 aromatic rings. The molecule has 2 amide bonds. The maximum atomic E-state index is 12.6. The SMILES string of the molecule is COc1ccc(-c2cc(NC(=O)Cc3csc(N4CCCC4=O)n3)ccc2OC)cc1. The molecule has 0 saturated carbocycles. The number of nitrogens with one attached hydrogen (secondary N) is 1. The molecule has 2 aromatic carbocycles. The maximum Gasteiger partial charge on any atom is 0.230 e. The number of carbonyl (C=O) groups excluding carboxylic acids is 2. The average Bonchev–Trinajstić information content (AvgIpc) is 3.42. The Morgan fingerprint density at radius 1 is 1.16 bits per heavy atom. The van der Waals surface area contributed by atoms with Crippen LogP contribution in [0, 0.1) is 0 Å². The smallest absolute Gasteiger partial charge is 0.230 e. The van der Waals surface area contributed by atoms with E-state index in [0.717, 1.165) is 23.3 Å². The van der Waals surface area contributed by atoms with E-state index in [4.69, 9.17) is 9.47 Å². The number of nitrogens with zero attached hydrogens (tertiary/aromatic N) is 2. The quantitative estimate of drug-likeness (QED) is 0.601. The van der Waals surface area contributed by atoms with Crippen LogP contribution in [0.15, 0.2) is 47.8 Å². The van der Waals surface area contributed by atoms with E-state index >= 15 is 0 Å². The number of hydrogen-bond acceptors (Lipinski definition) is 6. The molecule has 0 spiro atoms. The van der Waals surface area contributed by atoms with Gasteiger partial charge in [0.2, 0.25) is 11.8 Å². The normalized spacial score (nSPS) is 13.4. The number of amides is 2. The third-order valence-electron chi connectivity index (χ3n) is 5.07. The standard InChI is InChI=1S/C23H23N3O4S/c1-29-18-8-5-15(6-9-18)19-12-16(7-10-20(19)30-2)24-21(27)13-17-14-31-23(25-17)26-11-3-4-22(26)28/h5-10,12,14H,3-4,11,13H2,1-2H3,(H,24,27). The molecular formula is C23H23N3O4S. The van der Waals surface area contributed by atoms with Crippen LogP contribution in [0.25, 0.3) is 11.1 Å². The third kappa shape index (κ3) is 4.69. The van der Waals surface area contributed by atoms with Crippen molar-refractivity contribution >= 4 is 34.0 Å². The zero-order valence-electron chi connectivity index (χ0n) is 17.4. The molecule has 0 bridgehead atoms. The molecule has 2 heterocycles. The van der Waals surface area contributed by atoms with Crippen LogP contribution in [0.2, 0.25) is 0 Å². The monoisotopic (exact) mass is 437 g/mol. The van der Waals surface area contributed by atoms with Gasteiger partial charge < -0.3 is 14.8 Å². The van der Waals surface area contributed by atoms with Crippen LogP contribution in [0.5, 0.6) is 11.5 Å². The molecule has 0 unspecified atom stereocenters. The van der Waals surface area contributed by atoms with Crippen molar-refractivity contribution in [3.8, 4) is 22.6 Å². The Kier molecular flexibility index (Phi) is 6.18. The lowest BCUT2D eigenvalue weighted by molar-refractivity contribution is -0.117. The highest BCUT2D eigenvalue weighted by Gasteiger charge is 2.24. The van der Waals surface area contributed by atoms with E-state index in [2.05, 4.69) is 10.3 Å². The van der Waals surface area contributed by atoms with E-state index in [-0.39, 0.29) is 18.2 Å². The van der Waals surface area contributed by atoms with Gasteiger partial charge in [0, 0.05) is 29.6 Å². The first kappa shape index (κ1) is 20.9. The number of carbonyl (C=O) groups is 2. The third-order valence-corrected chi connectivity index (χ3v) is 5.98. The summed E-state index contributed by atoms with van der Waals surface area (Å²) in [4.78, 5) is 30.6. The summed E-state index contributed by atoms with van der Waals surface area (Å²) in [5.74, 6) is 1.40. The predicted octanol–water partition coefficient (Wildman–Crippen LogP) is 4.14. The molecule has 1 N–H and O–H groups in total. The van der Waals surface area contributed by atoms with E-state index in [9.17, 15) is 9.59 Å². The molecule has 0 radical (unpaired) electrons. The fraction of sp³-hybridized carbons (Fsp3) is 0.261. The van der Waals surface area contributed by atoms with Crippen molar-refractivity contribution in [2.75, 3.05) is 31.0 Å². The van der Waals surface area contributed by atoms with Crippen LogP contribution in [0.4, 0.5) is 10.8 Å². The second kappa shape index (κ2) is 9.18. The summed E-state index contributed by atoms with van der Waals surface area (Å²) in [5.41, 5.74) is 3.14. The number of benzene rings is 2. The average molecular weight is 438 g/mol. The summed E-state index contributed by atoms with van der Waals surface area (Å²) in [6.45, 7) is 0.692. The van der Waals surface area contributed by atoms with E-state index in [1.54, 1.807) is 25.2 Å². The number of hydrogen-bond donors (Lipinski definition) is 1. The lowest BCUT2D eigenvalue weighted by Crippen LogP contribution is -2.23. The van der Waals surface area contributed by atoms with Gasteiger partial charge in [-0.3, -0.25) is 14.5 Å². The second-order valence-corrected chi connectivity index (χ2v) is 7.98. The largest absolute Gasteiger partial charge is 0.497 e. The molecule has 1 saturated heterocycles. The van der Waals surface area contributed by atoms with Gasteiger partial charge in [0.25, 0.3) is 0 Å². The van der Waals surface area contributed by atoms with Crippen LogP contribution in [0.3, 0.4) is 0 Å². The van der Waals surface area contributed by atoms with Crippen LogP contribution >= 0.6 is 11.3 Å². The highest BCUT2D eigenvalue weighted by molar-refractivity contribution is 7.14. The van der Waals surface area contributed by atoms with Gasteiger partial charge in [-0.2, -0.15) is 0 Å². The van der Waals surface area contributed by atoms with E-state index in [1.807, 2.05) is 41.8 Å². The molecular weight excluding hydrogens is 414 g/mol. The van der Waals surface area contributed by atoms with Gasteiger partial charge in [-0.15, -0.1) is 11.3 Å². The topological polar surface area (TPSA) is 80.8 Å². The molecule has 8 heteroatoms.